The molecule has 1 heterocycles. The van der Waals surface area contributed by atoms with E-state index >= 15 is 0 Å². The van der Waals surface area contributed by atoms with Crippen LogP contribution in [0.5, 0.6) is 5.75 Å². The van der Waals surface area contributed by atoms with Crippen LogP contribution in [0.1, 0.15) is 18.2 Å². The third-order valence-corrected chi connectivity index (χ3v) is 4.39. The number of hydrogen-bond acceptors (Lipinski definition) is 6. The highest BCUT2D eigenvalue weighted by atomic mass is 16.6. The van der Waals surface area contributed by atoms with Crippen LogP contribution in [0, 0.1) is 28.4 Å². The van der Waals surface area contributed by atoms with E-state index in [1.165, 1.54) is 12.1 Å². The van der Waals surface area contributed by atoms with Crippen molar-refractivity contribution in [3.8, 4) is 23.1 Å². The van der Waals surface area contributed by atoms with Crippen molar-refractivity contribution < 1.29 is 18.9 Å². The van der Waals surface area contributed by atoms with Gasteiger partial charge in [-0.2, -0.15) is 5.26 Å². The lowest BCUT2D eigenvalue weighted by Crippen LogP contribution is -2.13. The van der Waals surface area contributed by atoms with Crippen LogP contribution in [0.2, 0.25) is 0 Å². The maximum Gasteiger partial charge on any atom is 0.273 e. The molecule has 0 saturated carbocycles. The highest BCUT2D eigenvalue weighted by Crippen LogP contribution is 2.29. The second kappa shape index (κ2) is 9.41. The van der Waals surface area contributed by atoms with Gasteiger partial charge in [0.05, 0.1) is 11.5 Å². The Morgan fingerprint density at radius 3 is 2.61 bits per heavy atom. The minimum absolute atomic E-state index is 0.0153. The minimum Gasteiger partial charge on any atom is -0.494 e. The molecule has 0 aliphatic carbocycles. The average Bonchev–Trinajstić information content (AvgIpc) is 3.22. The Hall–Kier alpha value is -4.38. The van der Waals surface area contributed by atoms with Gasteiger partial charge in [0.2, 0.25) is 0 Å². The van der Waals surface area contributed by atoms with Gasteiger partial charge < -0.3 is 14.5 Å². The standard InChI is InChI=1S/C23H19N3O5/c1-3-30-19-8-6-18(7-9-19)25-23(27)17(14-24)12-20-10-11-22(31-20)16-5-4-15(2)21(13-16)26(28)29/h4-13H,3H2,1-2H3,(H,25,27)/b17-12-. The van der Waals surface area contributed by atoms with Crippen LogP contribution in [-0.4, -0.2) is 17.4 Å². The van der Waals surface area contributed by atoms with Gasteiger partial charge in [0, 0.05) is 29.0 Å². The first-order valence-electron chi connectivity index (χ1n) is 9.42. The van der Waals surface area contributed by atoms with Crippen LogP contribution >= 0.6 is 0 Å². The molecule has 1 amide bonds. The van der Waals surface area contributed by atoms with Gasteiger partial charge in [-0.3, -0.25) is 14.9 Å². The van der Waals surface area contributed by atoms with Crippen molar-refractivity contribution in [2.75, 3.05) is 11.9 Å². The molecule has 156 valence electrons. The first-order valence-corrected chi connectivity index (χ1v) is 9.42. The summed E-state index contributed by atoms with van der Waals surface area (Å²) in [6, 6.07) is 16.6. The fraction of sp³-hybridized carbons (Fsp3) is 0.130. The van der Waals surface area contributed by atoms with E-state index in [1.54, 1.807) is 55.5 Å². The quantitative estimate of drug-likeness (QED) is 0.247. The molecular formula is C23H19N3O5. The molecule has 0 saturated heterocycles. The van der Waals surface area contributed by atoms with Crippen molar-refractivity contribution in [1.29, 1.82) is 5.26 Å². The van der Waals surface area contributed by atoms with Gasteiger partial charge >= 0.3 is 0 Å². The average molecular weight is 417 g/mol. The number of nitriles is 1. The van der Waals surface area contributed by atoms with Crippen molar-refractivity contribution >= 4 is 23.4 Å². The smallest absolute Gasteiger partial charge is 0.273 e. The number of carbonyl (C=O) groups is 1. The fourth-order valence-electron chi connectivity index (χ4n) is 2.84. The molecule has 0 atom stereocenters. The topological polar surface area (TPSA) is 118 Å². The summed E-state index contributed by atoms with van der Waals surface area (Å²) in [6.07, 6.45) is 1.32. The first kappa shape index (κ1) is 21.3. The molecule has 3 aromatic rings. The maximum absolute atomic E-state index is 12.4. The third kappa shape index (κ3) is 5.16. The highest BCUT2D eigenvalue weighted by Gasteiger charge is 2.15. The van der Waals surface area contributed by atoms with Crippen molar-refractivity contribution in [2.24, 2.45) is 0 Å². The third-order valence-electron chi connectivity index (χ3n) is 4.39. The van der Waals surface area contributed by atoms with Crippen LogP contribution in [0.25, 0.3) is 17.4 Å². The fourth-order valence-corrected chi connectivity index (χ4v) is 2.84. The summed E-state index contributed by atoms with van der Waals surface area (Å²) in [5.74, 6) is 0.752. The SMILES string of the molecule is CCOc1ccc(NC(=O)/C(C#N)=C\c2ccc(-c3ccc(C)c([N+](=O)[O-])c3)o2)cc1. The van der Waals surface area contributed by atoms with Crippen molar-refractivity contribution in [3.63, 3.8) is 0 Å². The Kier molecular flexibility index (Phi) is 6.48. The Labute approximate surface area is 178 Å². The van der Waals surface area contributed by atoms with Gasteiger partial charge in [-0.05, 0) is 50.2 Å². The number of nitrogens with one attached hydrogen (secondary N) is 1. The zero-order valence-electron chi connectivity index (χ0n) is 16.9. The second-order valence-corrected chi connectivity index (χ2v) is 6.54. The number of amides is 1. The summed E-state index contributed by atoms with van der Waals surface area (Å²) >= 11 is 0. The predicted molar refractivity (Wildman–Crippen MR) is 115 cm³/mol. The summed E-state index contributed by atoms with van der Waals surface area (Å²) in [6.45, 7) is 4.06. The number of nitro groups is 1. The van der Waals surface area contributed by atoms with Crippen LogP contribution in [0.3, 0.4) is 0 Å². The van der Waals surface area contributed by atoms with Crippen LogP contribution < -0.4 is 10.1 Å². The number of furan rings is 1. The molecule has 0 fully saturated rings. The monoisotopic (exact) mass is 417 g/mol. The summed E-state index contributed by atoms with van der Waals surface area (Å²) in [5.41, 5.74) is 1.41. The van der Waals surface area contributed by atoms with E-state index in [2.05, 4.69) is 5.32 Å². The zero-order chi connectivity index (χ0) is 22.4. The van der Waals surface area contributed by atoms with E-state index in [0.717, 1.165) is 0 Å². The number of aryl methyl sites for hydroxylation is 1. The van der Waals surface area contributed by atoms with E-state index in [9.17, 15) is 20.2 Å². The lowest BCUT2D eigenvalue weighted by Gasteiger charge is -2.06. The molecule has 1 aromatic heterocycles. The second-order valence-electron chi connectivity index (χ2n) is 6.54. The molecule has 1 N–H and O–H groups in total. The molecular weight excluding hydrogens is 398 g/mol. The Balaban J connectivity index is 1.78. The summed E-state index contributed by atoms with van der Waals surface area (Å²) in [4.78, 5) is 23.1. The van der Waals surface area contributed by atoms with Gasteiger partial charge in [0.15, 0.2) is 0 Å². The summed E-state index contributed by atoms with van der Waals surface area (Å²) < 4.78 is 11.0. The van der Waals surface area contributed by atoms with Crippen molar-refractivity contribution in [1.82, 2.24) is 0 Å². The lowest BCUT2D eigenvalue weighted by molar-refractivity contribution is -0.385. The Bertz CT molecular complexity index is 1190. The predicted octanol–water partition coefficient (Wildman–Crippen LogP) is 5.11. The van der Waals surface area contributed by atoms with Gasteiger partial charge in [0.1, 0.15) is 28.9 Å². The molecule has 0 spiro atoms. The molecule has 0 aliphatic rings. The number of ether oxygens (including phenoxy) is 1. The number of benzene rings is 2. The molecule has 31 heavy (non-hydrogen) atoms. The number of hydrogen-bond donors (Lipinski definition) is 1. The van der Waals surface area contributed by atoms with E-state index in [-0.39, 0.29) is 17.0 Å². The summed E-state index contributed by atoms with van der Waals surface area (Å²) in [7, 11) is 0. The molecule has 8 nitrogen and oxygen atoms in total. The number of carbonyl (C=O) groups excluding carboxylic acids is 1. The Morgan fingerprint density at radius 2 is 1.97 bits per heavy atom. The largest absolute Gasteiger partial charge is 0.494 e. The number of rotatable bonds is 7. The lowest BCUT2D eigenvalue weighted by atomic mass is 10.1. The molecule has 8 heteroatoms. The molecule has 3 rings (SSSR count). The van der Waals surface area contributed by atoms with E-state index < -0.39 is 10.8 Å². The minimum atomic E-state index is -0.587. The number of anilines is 1. The van der Waals surface area contributed by atoms with Crippen LogP contribution in [-0.2, 0) is 4.79 Å². The maximum atomic E-state index is 12.4. The van der Waals surface area contributed by atoms with Gasteiger partial charge in [-0.15, -0.1) is 0 Å². The van der Waals surface area contributed by atoms with Gasteiger partial charge in [-0.25, -0.2) is 0 Å². The van der Waals surface area contributed by atoms with Gasteiger partial charge in [0.25, 0.3) is 11.6 Å². The van der Waals surface area contributed by atoms with E-state index in [4.69, 9.17) is 9.15 Å². The molecule has 2 aromatic carbocycles. The van der Waals surface area contributed by atoms with Crippen molar-refractivity contribution in [3.05, 3.63) is 81.6 Å². The number of nitrogens with zero attached hydrogens (tertiary/aromatic N) is 2. The first-order chi connectivity index (χ1) is 14.9. The normalized spacial score (nSPS) is 10.9. The molecule has 0 radical (unpaired) electrons. The van der Waals surface area contributed by atoms with Crippen LogP contribution in [0.15, 0.2) is 64.6 Å². The highest BCUT2D eigenvalue weighted by molar-refractivity contribution is 6.09. The Morgan fingerprint density at radius 1 is 1.23 bits per heavy atom. The zero-order valence-corrected chi connectivity index (χ0v) is 16.9. The van der Waals surface area contributed by atoms with E-state index in [1.807, 2.05) is 13.0 Å². The molecule has 0 bridgehead atoms. The molecule has 0 unspecified atom stereocenters. The van der Waals surface area contributed by atoms with E-state index in [0.29, 0.717) is 34.9 Å². The van der Waals surface area contributed by atoms with Crippen LogP contribution in [0.4, 0.5) is 11.4 Å². The van der Waals surface area contributed by atoms with Gasteiger partial charge in [-0.1, -0.05) is 12.1 Å². The summed E-state index contributed by atoms with van der Waals surface area (Å²) in [5, 5.41) is 23.2. The number of nitro benzene ring substituents is 1. The van der Waals surface area contributed by atoms with Crippen molar-refractivity contribution in [2.45, 2.75) is 13.8 Å². The molecule has 0 aliphatic heterocycles.